The molecule has 7 heteroatoms. The van der Waals surface area contributed by atoms with Crippen molar-refractivity contribution in [2.75, 3.05) is 13.2 Å². The Morgan fingerprint density at radius 2 is 2.23 bits per heavy atom. The zero-order valence-corrected chi connectivity index (χ0v) is 14.8. The van der Waals surface area contributed by atoms with E-state index in [1.165, 1.54) is 0 Å². The number of furan rings is 1. The first-order chi connectivity index (χ1) is 12.7. The van der Waals surface area contributed by atoms with Gasteiger partial charge in [-0.05, 0) is 19.9 Å². The summed E-state index contributed by atoms with van der Waals surface area (Å²) in [5.41, 5.74) is 1.27. The maximum atomic E-state index is 12.8. The number of hydrogen-bond donors (Lipinski definition) is 1. The van der Waals surface area contributed by atoms with Crippen LogP contribution < -0.4 is 10.1 Å². The van der Waals surface area contributed by atoms with Crippen LogP contribution in [-0.4, -0.2) is 41.0 Å². The number of para-hydroxylation sites is 1. The highest BCUT2D eigenvalue weighted by Gasteiger charge is 2.33. The highest BCUT2D eigenvalue weighted by molar-refractivity contribution is 6.07. The summed E-state index contributed by atoms with van der Waals surface area (Å²) in [6.07, 6.45) is 3.26. The van der Waals surface area contributed by atoms with Crippen LogP contribution in [0.25, 0.3) is 11.0 Å². The van der Waals surface area contributed by atoms with Gasteiger partial charge in [0.2, 0.25) is 0 Å². The lowest BCUT2D eigenvalue weighted by Gasteiger charge is -2.19. The van der Waals surface area contributed by atoms with Crippen LogP contribution in [-0.2, 0) is 11.3 Å². The number of carbonyl (C=O) groups excluding carboxylic acids is 1. The summed E-state index contributed by atoms with van der Waals surface area (Å²) in [5, 5.41) is 8.04. The molecule has 0 aliphatic carbocycles. The Labute approximate surface area is 150 Å². The fourth-order valence-electron chi connectivity index (χ4n) is 3.23. The summed E-state index contributed by atoms with van der Waals surface area (Å²) in [6.45, 7) is 5.42. The Kier molecular flexibility index (Phi) is 4.38. The molecule has 2 atom stereocenters. The maximum absolute atomic E-state index is 12.8. The molecule has 2 aromatic heterocycles. The van der Waals surface area contributed by atoms with E-state index in [0.717, 1.165) is 11.9 Å². The SMILES string of the molecule is CCn1cc(O[C@@H]2COC[C@@H]2NC(=O)c2c(C)oc3ccccc23)cn1. The summed E-state index contributed by atoms with van der Waals surface area (Å²) in [6, 6.07) is 7.29. The highest BCUT2D eigenvalue weighted by atomic mass is 16.5. The third-order valence-corrected chi connectivity index (χ3v) is 4.56. The van der Waals surface area contributed by atoms with E-state index in [1.807, 2.05) is 37.4 Å². The Morgan fingerprint density at radius 1 is 1.38 bits per heavy atom. The van der Waals surface area contributed by atoms with E-state index in [9.17, 15) is 4.79 Å². The molecule has 1 aliphatic heterocycles. The number of benzene rings is 1. The Balaban J connectivity index is 1.50. The molecular formula is C19H21N3O4. The minimum atomic E-state index is -0.257. The van der Waals surface area contributed by atoms with Crippen molar-refractivity contribution >= 4 is 16.9 Å². The smallest absolute Gasteiger partial charge is 0.255 e. The molecule has 1 amide bonds. The van der Waals surface area contributed by atoms with Gasteiger partial charge in [-0.25, -0.2) is 0 Å². The van der Waals surface area contributed by atoms with Gasteiger partial charge in [0.05, 0.1) is 37.2 Å². The van der Waals surface area contributed by atoms with E-state index in [0.29, 0.717) is 35.9 Å². The summed E-state index contributed by atoms with van der Waals surface area (Å²) in [7, 11) is 0. The van der Waals surface area contributed by atoms with Gasteiger partial charge in [-0.15, -0.1) is 0 Å². The van der Waals surface area contributed by atoms with Gasteiger partial charge in [-0.1, -0.05) is 18.2 Å². The number of nitrogens with one attached hydrogen (secondary N) is 1. The van der Waals surface area contributed by atoms with Gasteiger partial charge in [0.1, 0.15) is 17.4 Å². The average molecular weight is 355 g/mol. The summed E-state index contributed by atoms with van der Waals surface area (Å²) < 4.78 is 19.0. The second-order valence-electron chi connectivity index (χ2n) is 6.33. The van der Waals surface area contributed by atoms with Crippen LogP contribution >= 0.6 is 0 Å². The van der Waals surface area contributed by atoms with Crippen LogP contribution in [0.4, 0.5) is 0 Å². The molecule has 0 spiro atoms. The maximum Gasteiger partial charge on any atom is 0.255 e. The van der Waals surface area contributed by atoms with E-state index >= 15 is 0 Å². The minimum absolute atomic E-state index is 0.180. The predicted molar refractivity (Wildman–Crippen MR) is 95.3 cm³/mol. The first kappa shape index (κ1) is 16.7. The predicted octanol–water partition coefficient (Wildman–Crippen LogP) is 2.53. The van der Waals surface area contributed by atoms with Crippen molar-refractivity contribution in [2.24, 2.45) is 0 Å². The summed E-state index contributed by atoms with van der Waals surface area (Å²) in [4.78, 5) is 12.8. The zero-order chi connectivity index (χ0) is 18.1. The number of hydrogen-bond acceptors (Lipinski definition) is 5. The van der Waals surface area contributed by atoms with Crippen molar-refractivity contribution in [3.8, 4) is 5.75 Å². The van der Waals surface area contributed by atoms with Crippen LogP contribution in [0.5, 0.6) is 5.75 Å². The Hall–Kier alpha value is -2.80. The van der Waals surface area contributed by atoms with E-state index in [4.69, 9.17) is 13.9 Å². The fourth-order valence-corrected chi connectivity index (χ4v) is 3.23. The molecule has 3 aromatic rings. The second-order valence-corrected chi connectivity index (χ2v) is 6.33. The zero-order valence-electron chi connectivity index (χ0n) is 14.8. The van der Waals surface area contributed by atoms with Gasteiger partial charge >= 0.3 is 0 Å². The van der Waals surface area contributed by atoms with Crippen LogP contribution in [0.15, 0.2) is 41.1 Å². The summed E-state index contributed by atoms with van der Waals surface area (Å²) >= 11 is 0. The molecule has 4 rings (SSSR count). The molecule has 1 N–H and O–H groups in total. The van der Waals surface area contributed by atoms with Crippen molar-refractivity contribution in [3.05, 3.63) is 48.0 Å². The van der Waals surface area contributed by atoms with Gasteiger partial charge in [0.25, 0.3) is 5.91 Å². The number of nitrogens with zero attached hydrogens (tertiary/aromatic N) is 2. The first-order valence-corrected chi connectivity index (χ1v) is 8.71. The number of ether oxygens (including phenoxy) is 2. The number of aryl methyl sites for hydroxylation is 2. The number of aromatic nitrogens is 2. The van der Waals surface area contributed by atoms with Gasteiger partial charge in [0.15, 0.2) is 5.75 Å². The molecule has 1 fully saturated rings. The van der Waals surface area contributed by atoms with Gasteiger partial charge in [-0.2, -0.15) is 5.10 Å². The van der Waals surface area contributed by atoms with Crippen LogP contribution in [0.3, 0.4) is 0 Å². The molecule has 1 saturated heterocycles. The molecule has 1 aliphatic rings. The monoisotopic (exact) mass is 355 g/mol. The van der Waals surface area contributed by atoms with Crippen molar-refractivity contribution in [3.63, 3.8) is 0 Å². The lowest BCUT2D eigenvalue weighted by atomic mass is 10.1. The molecule has 1 aromatic carbocycles. The number of rotatable bonds is 5. The first-order valence-electron chi connectivity index (χ1n) is 8.71. The highest BCUT2D eigenvalue weighted by Crippen LogP contribution is 2.25. The quantitative estimate of drug-likeness (QED) is 0.761. The molecule has 0 radical (unpaired) electrons. The average Bonchev–Trinajstić information content (AvgIpc) is 3.33. The Morgan fingerprint density at radius 3 is 3.04 bits per heavy atom. The van der Waals surface area contributed by atoms with Gasteiger partial charge in [-0.3, -0.25) is 9.48 Å². The number of carbonyl (C=O) groups is 1. The normalized spacial score (nSPS) is 19.8. The molecule has 26 heavy (non-hydrogen) atoms. The van der Waals surface area contributed by atoms with Gasteiger partial charge in [0, 0.05) is 11.9 Å². The molecular weight excluding hydrogens is 334 g/mol. The van der Waals surface area contributed by atoms with E-state index in [-0.39, 0.29) is 18.1 Å². The van der Waals surface area contributed by atoms with E-state index in [1.54, 1.807) is 17.8 Å². The standard InChI is InChI=1S/C19H21N3O4/c1-3-22-9-13(8-20-22)26-17-11-24-10-15(17)21-19(23)18-12(2)25-16-7-5-4-6-14(16)18/h4-9,15,17H,3,10-11H2,1-2H3,(H,21,23)/t15-,17+/m0/s1. The van der Waals surface area contributed by atoms with Crippen LogP contribution in [0.2, 0.25) is 0 Å². The fraction of sp³-hybridized carbons (Fsp3) is 0.368. The molecule has 0 unspecified atom stereocenters. The largest absolute Gasteiger partial charge is 0.482 e. The number of amides is 1. The van der Waals surface area contributed by atoms with Crippen molar-refractivity contribution in [1.82, 2.24) is 15.1 Å². The number of fused-ring (bicyclic) bond motifs is 1. The topological polar surface area (TPSA) is 78.5 Å². The molecule has 136 valence electrons. The van der Waals surface area contributed by atoms with Gasteiger partial charge < -0.3 is 19.2 Å². The summed E-state index contributed by atoms with van der Waals surface area (Å²) in [5.74, 6) is 1.09. The van der Waals surface area contributed by atoms with Crippen molar-refractivity contribution < 1.29 is 18.7 Å². The van der Waals surface area contributed by atoms with Crippen LogP contribution in [0, 0.1) is 6.92 Å². The van der Waals surface area contributed by atoms with Crippen LogP contribution in [0.1, 0.15) is 23.0 Å². The third-order valence-electron chi connectivity index (χ3n) is 4.56. The lowest BCUT2D eigenvalue weighted by molar-refractivity contribution is 0.0904. The van der Waals surface area contributed by atoms with E-state index < -0.39 is 0 Å². The second kappa shape index (κ2) is 6.84. The molecule has 0 bridgehead atoms. The van der Waals surface area contributed by atoms with Crippen molar-refractivity contribution in [1.29, 1.82) is 0 Å². The van der Waals surface area contributed by atoms with Crippen molar-refractivity contribution in [2.45, 2.75) is 32.5 Å². The third kappa shape index (κ3) is 3.06. The lowest BCUT2D eigenvalue weighted by Crippen LogP contribution is -2.45. The molecule has 7 nitrogen and oxygen atoms in total. The van der Waals surface area contributed by atoms with E-state index in [2.05, 4.69) is 10.4 Å². The molecule has 3 heterocycles. The minimum Gasteiger partial charge on any atom is -0.482 e. The molecule has 0 saturated carbocycles. The Bertz CT molecular complexity index is 930.